The van der Waals surface area contributed by atoms with Gasteiger partial charge in [-0.15, -0.1) is 0 Å². The summed E-state index contributed by atoms with van der Waals surface area (Å²) in [7, 11) is 1.50. The summed E-state index contributed by atoms with van der Waals surface area (Å²) in [5.74, 6) is 1.58. The summed E-state index contributed by atoms with van der Waals surface area (Å²) in [5, 5.41) is 16.0. The van der Waals surface area contributed by atoms with E-state index in [1.807, 2.05) is 0 Å². The van der Waals surface area contributed by atoms with Crippen molar-refractivity contribution < 1.29 is 19.1 Å². The highest BCUT2D eigenvalue weighted by molar-refractivity contribution is 5.98. The molecule has 0 heterocycles. The monoisotopic (exact) mass is 495 g/mol. The van der Waals surface area contributed by atoms with Gasteiger partial charge < -0.3 is 20.1 Å². The van der Waals surface area contributed by atoms with Gasteiger partial charge in [-0.05, 0) is 74.2 Å². The Bertz CT molecular complexity index is 1020. The van der Waals surface area contributed by atoms with E-state index in [4.69, 9.17) is 9.47 Å². The van der Waals surface area contributed by atoms with Gasteiger partial charge in [-0.25, -0.2) is 0 Å². The molecule has 4 rings (SSSR count). The van der Waals surface area contributed by atoms with Crippen LogP contribution in [-0.2, 0) is 4.79 Å². The number of rotatable bonds is 7. The number of carbonyl (C=O) groups is 2. The molecule has 2 amide bonds. The summed E-state index contributed by atoms with van der Waals surface area (Å²) in [6, 6.07) is 5.21. The molecule has 1 aromatic carbocycles. The Morgan fingerprint density at radius 2 is 1.75 bits per heavy atom. The Balaban J connectivity index is 1.53. The van der Waals surface area contributed by atoms with Crippen LogP contribution in [0.3, 0.4) is 0 Å². The number of methoxy groups -OCH3 is 1. The molecule has 7 heteroatoms. The van der Waals surface area contributed by atoms with E-state index in [9.17, 15) is 14.9 Å². The van der Waals surface area contributed by atoms with Gasteiger partial charge in [0.2, 0.25) is 5.91 Å². The third-order valence-electron chi connectivity index (χ3n) is 8.23. The van der Waals surface area contributed by atoms with E-state index in [0.29, 0.717) is 46.9 Å². The van der Waals surface area contributed by atoms with Crippen LogP contribution in [0.5, 0.6) is 11.5 Å². The molecular weight excluding hydrogens is 454 g/mol. The Labute approximate surface area is 215 Å². The van der Waals surface area contributed by atoms with Crippen molar-refractivity contribution in [2.24, 2.45) is 29.1 Å². The fraction of sp³-hybridized carbons (Fsp3) is 0.690. The Hall–Kier alpha value is -2.75. The van der Waals surface area contributed by atoms with Crippen LogP contribution < -0.4 is 20.1 Å². The summed E-state index contributed by atoms with van der Waals surface area (Å²) in [6.45, 7) is 9.14. The normalized spacial score (nSPS) is 29.3. The summed E-state index contributed by atoms with van der Waals surface area (Å²) in [6.07, 6.45) is 7.14. The number of nitrogens with one attached hydrogen (secondary N) is 2. The summed E-state index contributed by atoms with van der Waals surface area (Å²) in [5.41, 5.74) is 0.697. The van der Waals surface area contributed by atoms with Crippen LogP contribution in [0, 0.1) is 40.4 Å². The van der Waals surface area contributed by atoms with Gasteiger partial charge in [0.15, 0.2) is 0 Å². The zero-order chi connectivity index (χ0) is 26.0. The summed E-state index contributed by atoms with van der Waals surface area (Å²) >= 11 is 0. The van der Waals surface area contributed by atoms with Gasteiger partial charge in [-0.3, -0.25) is 9.59 Å². The molecule has 0 saturated heterocycles. The number of nitriles is 1. The third-order valence-corrected chi connectivity index (χ3v) is 8.23. The standard InChI is InChI=1S/C29H41N3O4/c1-17-6-10-21(11-7-17)36-23-14-22(24(35-5)13-20(23)15-30)27(33)32-26-19-9-8-18(12-19)25(26)28(34)31-16-29(2,3)4/h13-14,17-19,21,25-26H,6-12,16H2,1-5H3,(H,31,34)(H,32,33)/t17?,18-,19+,21?,25-,26+/m0/s1. The number of carbonyl (C=O) groups excluding carboxylic acids is 2. The van der Waals surface area contributed by atoms with E-state index >= 15 is 0 Å². The molecular formula is C29H41N3O4. The first kappa shape index (κ1) is 26.3. The molecule has 3 fully saturated rings. The molecule has 1 aromatic rings. The maximum absolute atomic E-state index is 13.6. The predicted octanol–water partition coefficient (Wildman–Crippen LogP) is 4.83. The molecule has 3 saturated carbocycles. The molecule has 0 spiro atoms. The van der Waals surface area contributed by atoms with Crippen LogP contribution in [0.25, 0.3) is 0 Å². The average Bonchev–Trinajstić information content (AvgIpc) is 3.45. The second-order valence-corrected chi connectivity index (χ2v) is 12.3. The van der Waals surface area contributed by atoms with E-state index in [2.05, 4.69) is 44.4 Å². The molecule has 7 nitrogen and oxygen atoms in total. The highest BCUT2D eigenvalue weighted by Gasteiger charge is 2.51. The van der Waals surface area contributed by atoms with Gasteiger partial charge in [0.1, 0.15) is 17.6 Å². The maximum atomic E-state index is 13.6. The smallest absolute Gasteiger partial charge is 0.255 e. The molecule has 196 valence electrons. The van der Waals surface area contributed by atoms with Crippen LogP contribution in [0.1, 0.15) is 88.6 Å². The third kappa shape index (κ3) is 5.79. The fourth-order valence-electron chi connectivity index (χ4n) is 6.19. The van der Waals surface area contributed by atoms with E-state index in [1.165, 1.54) is 7.11 Å². The average molecular weight is 496 g/mol. The first-order valence-corrected chi connectivity index (χ1v) is 13.5. The van der Waals surface area contributed by atoms with Crippen molar-refractivity contribution in [2.45, 2.75) is 84.8 Å². The SMILES string of the molecule is COc1cc(C#N)c(OC2CCC(C)CC2)cc1C(=O)N[C@@H]1[C@@H]2CC[C@@H](C2)[C@@H]1C(=O)NCC(C)(C)C. The van der Waals surface area contributed by atoms with Crippen molar-refractivity contribution in [3.05, 3.63) is 23.3 Å². The number of amides is 2. The molecule has 0 radical (unpaired) electrons. The van der Waals surface area contributed by atoms with Crippen molar-refractivity contribution >= 4 is 11.8 Å². The van der Waals surface area contributed by atoms with Crippen molar-refractivity contribution in [3.63, 3.8) is 0 Å². The predicted molar refractivity (Wildman–Crippen MR) is 138 cm³/mol. The lowest BCUT2D eigenvalue weighted by molar-refractivity contribution is -0.127. The van der Waals surface area contributed by atoms with Crippen LogP contribution in [0.15, 0.2) is 12.1 Å². The highest BCUT2D eigenvalue weighted by Crippen LogP contribution is 2.49. The number of ether oxygens (including phenoxy) is 2. The van der Waals surface area contributed by atoms with E-state index < -0.39 is 0 Å². The lowest BCUT2D eigenvalue weighted by atomic mass is 9.83. The quantitative estimate of drug-likeness (QED) is 0.564. The zero-order valence-electron chi connectivity index (χ0n) is 22.4. The van der Waals surface area contributed by atoms with Crippen molar-refractivity contribution in [1.29, 1.82) is 5.26 Å². The number of nitrogens with zero attached hydrogens (tertiary/aromatic N) is 1. The van der Waals surface area contributed by atoms with Gasteiger partial charge in [-0.2, -0.15) is 5.26 Å². The second kappa shape index (κ2) is 10.7. The van der Waals surface area contributed by atoms with Crippen LogP contribution >= 0.6 is 0 Å². The fourth-order valence-corrected chi connectivity index (χ4v) is 6.19. The minimum Gasteiger partial charge on any atom is -0.496 e. The number of fused-ring (bicyclic) bond motifs is 2. The Kier molecular flexibility index (Phi) is 7.82. The molecule has 3 aliphatic carbocycles. The molecule has 3 aliphatic rings. The molecule has 36 heavy (non-hydrogen) atoms. The van der Waals surface area contributed by atoms with Crippen molar-refractivity contribution in [2.75, 3.05) is 13.7 Å². The second-order valence-electron chi connectivity index (χ2n) is 12.3. The van der Waals surface area contributed by atoms with Crippen molar-refractivity contribution in [1.82, 2.24) is 10.6 Å². The molecule has 2 N–H and O–H groups in total. The molecule has 2 bridgehead atoms. The molecule has 4 atom stereocenters. The number of benzene rings is 1. The summed E-state index contributed by atoms with van der Waals surface area (Å²) < 4.78 is 11.7. The van der Waals surface area contributed by atoms with E-state index in [-0.39, 0.29) is 35.3 Å². The van der Waals surface area contributed by atoms with E-state index in [1.54, 1.807) is 12.1 Å². The van der Waals surface area contributed by atoms with Gasteiger partial charge in [-0.1, -0.05) is 27.7 Å². The van der Waals surface area contributed by atoms with Gasteiger partial charge in [0.25, 0.3) is 5.91 Å². The Morgan fingerprint density at radius 1 is 1.06 bits per heavy atom. The molecule has 0 unspecified atom stereocenters. The first-order valence-electron chi connectivity index (χ1n) is 13.5. The van der Waals surface area contributed by atoms with E-state index in [0.717, 1.165) is 44.9 Å². The first-order chi connectivity index (χ1) is 17.1. The van der Waals surface area contributed by atoms with Crippen LogP contribution in [0.4, 0.5) is 0 Å². The number of hydrogen-bond donors (Lipinski definition) is 2. The molecule has 0 aromatic heterocycles. The lowest BCUT2D eigenvalue weighted by Gasteiger charge is -2.32. The van der Waals surface area contributed by atoms with Crippen LogP contribution in [-0.4, -0.2) is 37.6 Å². The van der Waals surface area contributed by atoms with Gasteiger partial charge in [0.05, 0.1) is 30.3 Å². The van der Waals surface area contributed by atoms with Crippen LogP contribution in [0.2, 0.25) is 0 Å². The molecule has 0 aliphatic heterocycles. The summed E-state index contributed by atoms with van der Waals surface area (Å²) in [4.78, 5) is 26.7. The maximum Gasteiger partial charge on any atom is 0.255 e. The van der Waals surface area contributed by atoms with Gasteiger partial charge in [0, 0.05) is 18.7 Å². The largest absolute Gasteiger partial charge is 0.496 e. The minimum atomic E-state index is -0.287. The minimum absolute atomic E-state index is 0.00531. The highest BCUT2D eigenvalue weighted by atomic mass is 16.5. The number of hydrogen-bond acceptors (Lipinski definition) is 5. The van der Waals surface area contributed by atoms with Crippen molar-refractivity contribution in [3.8, 4) is 17.6 Å². The lowest BCUT2D eigenvalue weighted by Crippen LogP contribution is -2.50. The Morgan fingerprint density at radius 3 is 2.39 bits per heavy atom. The van der Waals surface area contributed by atoms with Gasteiger partial charge >= 0.3 is 0 Å². The zero-order valence-corrected chi connectivity index (χ0v) is 22.4. The topological polar surface area (TPSA) is 100 Å².